The predicted octanol–water partition coefficient (Wildman–Crippen LogP) is 5.45. The van der Waals surface area contributed by atoms with Gasteiger partial charge in [-0.05, 0) is 69.0 Å². The molecule has 34 heavy (non-hydrogen) atoms. The number of alkyl carbamates (subject to hydrolysis) is 1. The van der Waals surface area contributed by atoms with Gasteiger partial charge in [-0.25, -0.2) is 9.18 Å². The largest absolute Gasteiger partial charge is 0.460 e. The van der Waals surface area contributed by atoms with E-state index >= 15 is 0 Å². The lowest BCUT2D eigenvalue weighted by Gasteiger charge is -2.26. The van der Waals surface area contributed by atoms with E-state index in [4.69, 9.17) is 9.47 Å². The minimum absolute atomic E-state index is 0.211. The molecule has 5 nitrogen and oxygen atoms in total. The first-order valence-electron chi connectivity index (χ1n) is 10.9. The molecule has 0 bridgehead atoms. The summed E-state index contributed by atoms with van der Waals surface area (Å²) in [5.74, 6) is -1.46. The van der Waals surface area contributed by atoms with Gasteiger partial charge in [0, 0.05) is 6.42 Å². The van der Waals surface area contributed by atoms with Gasteiger partial charge < -0.3 is 14.8 Å². The summed E-state index contributed by atoms with van der Waals surface area (Å²) >= 11 is 0. The molecule has 3 rings (SSSR count). The molecule has 0 spiro atoms. The summed E-state index contributed by atoms with van der Waals surface area (Å²) in [7, 11) is 0. The number of hydrogen-bond donors (Lipinski definition) is 1. The van der Waals surface area contributed by atoms with Crippen molar-refractivity contribution in [2.75, 3.05) is 0 Å². The Balaban J connectivity index is 1.72. The number of hydrogen-bond acceptors (Lipinski definition) is 4. The highest BCUT2D eigenvalue weighted by Gasteiger charge is 2.40. The zero-order valence-electron chi connectivity index (χ0n) is 19.1. The van der Waals surface area contributed by atoms with Crippen LogP contribution in [-0.4, -0.2) is 29.8 Å². The number of esters is 1. The minimum Gasteiger partial charge on any atom is -0.460 e. The molecule has 2 aromatic rings. The Morgan fingerprint density at radius 3 is 2.21 bits per heavy atom. The Bertz CT molecular complexity index is 998. The number of cyclic esters (lactones) is 1. The first-order chi connectivity index (χ1) is 15.8. The fraction of sp³-hybridized carbons (Fsp3) is 0.440. The van der Waals surface area contributed by atoms with Crippen LogP contribution >= 0.6 is 0 Å². The Labute approximate surface area is 195 Å². The fourth-order valence-corrected chi connectivity index (χ4v) is 3.81. The zero-order chi connectivity index (χ0) is 25.1. The van der Waals surface area contributed by atoms with E-state index in [0.29, 0.717) is 5.56 Å². The van der Waals surface area contributed by atoms with Crippen LogP contribution in [0.4, 0.5) is 22.4 Å². The van der Waals surface area contributed by atoms with Gasteiger partial charge in [0.25, 0.3) is 0 Å². The standard InChI is InChI=1S/C25H27F4NO4/c1-24(2,3)34-23(32)30-20(13-16-6-10-19(26)11-7-16)21-14-17(22(31)33-21)12-15-4-8-18(9-5-15)25(27,28)29/h4-11,17,20-21H,12-14H2,1-3H3,(H,30,32)/t17-,20+,21+/m1/s1. The van der Waals surface area contributed by atoms with Crippen molar-refractivity contribution < 1.29 is 36.6 Å². The highest BCUT2D eigenvalue weighted by atomic mass is 19.4. The summed E-state index contributed by atoms with van der Waals surface area (Å²) in [6.45, 7) is 5.16. The summed E-state index contributed by atoms with van der Waals surface area (Å²) < 4.78 is 62.6. The van der Waals surface area contributed by atoms with Crippen molar-refractivity contribution in [1.29, 1.82) is 0 Å². The van der Waals surface area contributed by atoms with Gasteiger partial charge in [-0.15, -0.1) is 0 Å². The molecule has 0 aliphatic carbocycles. The molecule has 1 N–H and O–H groups in total. The van der Waals surface area contributed by atoms with Crippen LogP contribution < -0.4 is 5.32 Å². The molecule has 0 saturated carbocycles. The molecule has 184 valence electrons. The van der Waals surface area contributed by atoms with Gasteiger partial charge in [0.2, 0.25) is 0 Å². The van der Waals surface area contributed by atoms with Crippen molar-refractivity contribution >= 4 is 12.1 Å². The second-order valence-electron chi connectivity index (χ2n) is 9.39. The van der Waals surface area contributed by atoms with Crippen LogP contribution in [0.5, 0.6) is 0 Å². The van der Waals surface area contributed by atoms with Crippen LogP contribution in [0.1, 0.15) is 43.9 Å². The van der Waals surface area contributed by atoms with Crippen LogP contribution in [0.3, 0.4) is 0 Å². The summed E-state index contributed by atoms with van der Waals surface area (Å²) in [6, 6.07) is 9.77. The van der Waals surface area contributed by atoms with Crippen molar-refractivity contribution in [2.45, 2.75) is 64.0 Å². The van der Waals surface area contributed by atoms with Crippen molar-refractivity contribution in [3.05, 3.63) is 71.0 Å². The van der Waals surface area contributed by atoms with Gasteiger partial charge in [0.1, 0.15) is 17.5 Å². The number of rotatable bonds is 6. The lowest BCUT2D eigenvalue weighted by molar-refractivity contribution is -0.145. The molecule has 1 fully saturated rings. The molecule has 2 aromatic carbocycles. The Morgan fingerprint density at radius 1 is 1.06 bits per heavy atom. The highest BCUT2D eigenvalue weighted by Crippen LogP contribution is 2.31. The molecule has 0 aromatic heterocycles. The van der Waals surface area contributed by atoms with Gasteiger partial charge in [-0.2, -0.15) is 13.2 Å². The third kappa shape index (κ3) is 7.20. The topological polar surface area (TPSA) is 64.6 Å². The first kappa shape index (κ1) is 25.5. The highest BCUT2D eigenvalue weighted by molar-refractivity contribution is 5.75. The smallest absolute Gasteiger partial charge is 0.416 e. The van der Waals surface area contributed by atoms with Gasteiger partial charge in [-0.3, -0.25) is 4.79 Å². The molecule has 1 amide bonds. The van der Waals surface area contributed by atoms with E-state index in [2.05, 4.69) is 5.32 Å². The van der Waals surface area contributed by atoms with Crippen LogP contribution in [0.2, 0.25) is 0 Å². The number of carbonyl (C=O) groups excluding carboxylic acids is 2. The van der Waals surface area contributed by atoms with Crippen LogP contribution in [0.15, 0.2) is 48.5 Å². The van der Waals surface area contributed by atoms with Gasteiger partial charge >= 0.3 is 18.2 Å². The maximum Gasteiger partial charge on any atom is 0.416 e. The van der Waals surface area contributed by atoms with E-state index in [1.807, 2.05) is 0 Å². The second kappa shape index (κ2) is 10.0. The van der Waals surface area contributed by atoms with Crippen molar-refractivity contribution in [1.82, 2.24) is 5.32 Å². The molecule has 1 aliphatic heterocycles. The first-order valence-corrected chi connectivity index (χ1v) is 10.9. The molecule has 3 atom stereocenters. The summed E-state index contributed by atoms with van der Waals surface area (Å²) in [5.41, 5.74) is -0.193. The SMILES string of the molecule is CC(C)(C)OC(=O)N[C@@H](Cc1ccc(F)cc1)[C@@H]1C[C@@H](Cc2ccc(C(F)(F)F)cc2)C(=O)O1. The van der Waals surface area contributed by atoms with E-state index < -0.39 is 53.3 Å². The molecule has 1 aliphatic rings. The Kier molecular flexibility index (Phi) is 7.53. The summed E-state index contributed by atoms with van der Waals surface area (Å²) in [6.07, 6.45) is -5.04. The average Bonchev–Trinajstić information content (AvgIpc) is 3.08. The molecular formula is C25H27F4NO4. The normalized spacial score (nSPS) is 19.4. The number of halogens is 4. The van der Waals surface area contributed by atoms with Gasteiger partial charge in [-0.1, -0.05) is 24.3 Å². The van der Waals surface area contributed by atoms with E-state index in [1.165, 1.54) is 24.3 Å². The van der Waals surface area contributed by atoms with Crippen LogP contribution in [-0.2, 0) is 33.3 Å². The molecule has 1 heterocycles. The van der Waals surface area contributed by atoms with E-state index in [0.717, 1.165) is 17.7 Å². The lowest BCUT2D eigenvalue weighted by atomic mass is 9.91. The number of nitrogens with one attached hydrogen (secondary N) is 1. The summed E-state index contributed by atoms with van der Waals surface area (Å²) in [5, 5.41) is 2.75. The molecular weight excluding hydrogens is 454 g/mol. The zero-order valence-corrected chi connectivity index (χ0v) is 19.1. The fourth-order valence-electron chi connectivity index (χ4n) is 3.81. The van der Waals surface area contributed by atoms with E-state index in [9.17, 15) is 27.2 Å². The van der Waals surface area contributed by atoms with Gasteiger partial charge in [0.15, 0.2) is 0 Å². The number of ether oxygens (including phenoxy) is 2. The van der Waals surface area contributed by atoms with E-state index in [-0.39, 0.29) is 19.3 Å². The Morgan fingerprint density at radius 2 is 1.65 bits per heavy atom. The molecule has 9 heteroatoms. The van der Waals surface area contributed by atoms with E-state index in [1.54, 1.807) is 32.9 Å². The minimum atomic E-state index is -4.43. The maximum absolute atomic E-state index is 13.3. The number of alkyl halides is 3. The number of amides is 1. The maximum atomic E-state index is 13.3. The van der Waals surface area contributed by atoms with Crippen LogP contribution in [0, 0.1) is 11.7 Å². The van der Waals surface area contributed by atoms with Crippen molar-refractivity contribution in [3.8, 4) is 0 Å². The molecule has 1 saturated heterocycles. The van der Waals surface area contributed by atoms with Gasteiger partial charge in [0.05, 0.1) is 17.5 Å². The van der Waals surface area contributed by atoms with Crippen molar-refractivity contribution in [3.63, 3.8) is 0 Å². The number of carbonyl (C=O) groups is 2. The van der Waals surface area contributed by atoms with Crippen molar-refractivity contribution in [2.24, 2.45) is 5.92 Å². The third-order valence-electron chi connectivity index (χ3n) is 5.40. The third-order valence-corrected chi connectivity index (χ3v) is 5.40. The molecule has 0 unspecified atom stereocenters. The second-order valence-corrected chi connectivity index (χ2v) is 9.39. The monoisotopic (exact) mass is 481 g/mol. The van der Waals surface area contributed by atoms with Crippen LogP contribution in [0.25, 0.3) is 0 Å². The predicted molar refractivity (Wildman–Crippen MR) is 116 cm³/mol. The average molecular weight is 481 g/mol. The quantitative estimate of drug-likeness (QED) is 0.440. The number of benzene rings is 2. The summed E-state index contributed by atoms with van der Waals surface area (Å²) in [4.78, 5) is 24.9. The molecule has 0 radical (unpaired) electrons. The lowest BCUT2D eigenvalue weighted by Crippen LogP contribution is -2.46. The Hall–Kier alpha value is -3.10.